The van der Waals surface area contributed by atoms with Crippen LogP contribution in [-0.2, 0) is 10.0 Å². The maximum Gasteiger partial charge on any atom is 0.280 e. The molecule has 4 aromatic rings. The highest BCUT2D eigenvalue weighted by atomic mass is 35.5. The highest BCUT2D eigenvalue weighted by molar-refractivity contribution is 7.92. The number of hydrogen-bond donors (Lipinski definition) is 1. The number of aromatic nitrogens is 2. The molecule has 2 heterocycles. The molecule has 132 valence electrons. The quantitative estimate of drug-likeness (QED) is 0.563. The van der Waals surface area contributed by atoms with Gasteiger partial charge in [-0.2, -0.15) is 0 Å². The lowest BCUT2D eigenvalue weighted by Crippen LogP contribution is -2.27. The second kappa shape index (κ2) is 6.08. The zero-order chi connectivity index (χ0) is 18.5. The number of thiazole rings is 1. The van der Waals surface area contributed by atoms with Gasteiger partial charge in [0, 0.05) is 10.7 Å². The molecule has 0 aliphatic rings. The van der Waals surface area contributed by atoms with Crippen LogP contribution in [0.25, 0.3) is 15.2 Å². The minimum atomic E-state index is -4.11. The molecule has 0 atom stereocenters. The van der Waals surface area contributed by atoms with Crippen LogP contribution in [0.4, 0.5) is 5.69 Å². The molecule has 1 N–H and O–H groups in total. The average Bonchev–Trinajstić information content (AvgIpc) is 2.94. The van der Waals surface area contributed by atoms with Gasteiger partial charge in [0.25, 0.3) is 15.6 Å². The zero-order valence-corrected chi connectivity index (χ0v) is 15.8. The van der Waals surface area contributed by atoms with Gasteiger partial charge in [0.15, 0.2) is 9.86 Å². The van der Waals surface area contributed by atoms with Crippen molar-refractivity contribution >= 4 is 53.8 Å². The molecule has 6 nitrogen and oxygen atoms in total. The van der Waals surface area contributed by atoms with Crippen molar-refractivity contribution in [2.75, 3.05) is 4.72 Å². The Morgan fingerprint density at radius 3 is 2.54 bits per heavy atom. The van der Waals surface area contributed by atoms with Gasteiger partial charge in [-0.3, -0.25) is 9.52 Å². The molecule has 0 amide bonds. The Morgan fingerprint density at radius 2 is 1.81 bits per heavy atom. The predicted octanol–water partition coefficient (Wildman–Crippen LogP) is 3.67. The van der Waals surface area contributed by atoms with Crippen LogP contribution in [0.3, 0.4) is 0 Å². The molecule has 0 saturated heterocycles. The maximum absolute atomic E-state index is 13.0. The van der Waals surface area contributed by atoms with Crippen molar-refractivity contribution in [1.82, 2.24) is 9.38 Å². The van der Waals surface area contributed by atoms with Gasteiger partial charge in [-0.25, -0.2) is 17.8 Å². The van der Waals surface area contributed by atoms with Gasteiger partial charge in [0.1, 0.15) is 0 Å². The first-order chi connectivity index (χ1) is 12.4. The molecule has 0 saturated carbocycles. The molecule has 2 aromatic carbocycles. The van der Waals surface area contributed by atoms with Crippen molar-refractivity contribution in [3.8, 4) is 0 Å². The third-order valence-electron chi connectivity index (χ3n) is 3.85. The number of rotatable bonds is 3. The lowest BCUT2D eigenvalue weighted by atomic mass is 10.3. The normalized spacial score (nSPS) is 11.9. The SMILES string of the molecule is Cc1nc2sc3ccccc3n2c(=O)c1S(=O)(=O)Nc1ccc(Cl)cc1. The first kappa shape index (κ1) is 17.0. The number of hydrogen-bond acceptors (Lipinski definition) is 5. The van der Waals surface area contributed by atoms with Crippen LogP contribution in [0.15, 0.2) is 58.2 Å². The highest BCUT2D eigenvalue weighted by Crippen LogP contribution is 2.25. The Hall–Kier alpha value is -2.42. The fourth-order valence-electron chi connectivity index (χ4n) is 2.73. The smallest absolute Gasteiger partial charge is 0.279 e. The average molecular weight is 406 g/mol. The van der Waals surface area contributed by atoms with Gasteiger partial charge in [0.05, 0.1) is 15.9 Å². The summed E-state index contributed by atoms with van der Waals surface area (Å²) in [5.74, 6) is 0. The van der Waals surface area contributed by atoms with Gasteiger partial charge in [-0.05, 0) is 43.3 Å². The second-order valence-electron chi connectivity index (χ2n) is 5.63. The summed E-state index contributed by atoms with van der Waals surface area (Å²) in [6.07, 6.45) is 0. The Labute approximate surface area is 157 Å². The first-order valence-corrected chi connectivity index (χ1v) is 10.2. The van der Waals surface area contributed by atoms with Crippen LogP contribution < -0.4 is 10.3 Å². The fraction of sp³-hybridized carbons (Fsp3) is 0.0588. The number of sulfonamides is 1. The van der Waals surface area contributed by atoms with Crippen LogP contribution in [0.2, 0.25) is 5.02 Å². The van der Waals surface area contributed by atoms with Crippen LogP contribution in [-0.4, -0.2) is 17.8 Å². The predicted molar refractivity (Wildman–Crippen MR) is 104 cm³/mol. The summed E-state index contributed by atoms with van der Waals surface area (Å²) in [5, 5.41) is 0.483. The summed E-state index contributed by atoms with van der Waals surface area (Å²) in [4.78, 5) is 17.4. The number of fused-ring (bicyclic) bond motifs is 3. The van der Waals surface area contributed by atoms with Crippen LogP contribution in [0, 0.1) is 6.92 Å². The molecular formula is C17H12ClN3O3S2. The number of aryl methyl sites for hydroxylation is 1. The summed E-state index contributed by atoms with van der Waals surface area (Å²) < 4.78 is 30.3. The van der Waals surface area contributed by atoms with Crippen molar-refractivity contribution in [2.45, 2.75) is 11.8 Å². The van der Waals surface area contributed by atoms with E-state index in [2.05, 4.69) is 9.71 Å². The Bertz CT molecular complexity index is 1310. The molecule has 0 aliphatic carbocycles. The van der Waals surface area contributed by atoms with Crippen molar-refractivity contribution in [1.29, 1.82) is 0 Å². The third kappa shape index (κ3) is 2.76. The van der Waals surface area contributed by atoms with E-state index in [1.807, 2.05) is 12.1 Å². The number of halogens is 1. The molecule has 4 rings (SSSR count). The van der Waals surface area contributed by atoms with E-state index >= 15 is 0 Å². The van der Waals surface area contributed by atoms with Crippen LogP contribution in [0.1, 0.15) is 5.69 Å². The summed E-state index contributed by atoms with van der Waals surface area (Å²) >= 11 is 7.16. The number of nitrogens with zero attached hydrogens (tertiary/aromatic N) is 2. The summed E-state index contributed by atoms with van der Waals surface area (Å²) in [6.45, 7) is 1.52. The van der Waals surface area contributed by atoms with Crippen LogP contribution >= 0.6 is 22.9 Å². The molecular weight excluding hydrogens is 394 g/mol. The number of anilines is 1. The van der Waals surface area contributed by atoms with Crippen molar-refractivity contribution < 1.29 is 8.42 Å². The lowest BCUT2D eigenvalue weighted by molar-refractivity contribution is 0.598. The highest BCUT2D eigenvalue weighted by Gasteiger charge is 2.25. The molecule has 0 unspecified atom stereocenters. The molecule has 26 heavy (non-hydrogen) atoms. The Balaban J connectivity index is 1.94. The molecule has 9 heteroatoms. The minimum absolute atomic E-state index is 0.156. The molecule has 0 spiro atoms. The van der Waals surface area contributed by atoms with E-state index in [1.54, 1.807) is 24.3 Å². The zero-order valence-electron chi connectivity index (χ0n) is 13.4. The summed E-state index contributed by atoms with van der Waals surface area (Å²) in [7, 11) is -4.11. The Kier molecular flexibility index (Phi) is 3.98. The Morgan fingerprint density at radius 1 is 1.12 bits per heavy atom. The van der Waals surface area contributed by atoms with E-state index in [9.17, 15) is 13.2 Å². The van der Waals surface area contributed by atoms with E-state index < -0.39 is 15.6 Å². The molecule has 2 aromatic heterocycles. The van der Waals surface area contributed by atoms with Crippen molar-refractivity contribution in [2.24, 2.45) is 0 Å². The fourth-order valence-corrected chi connectivity index (χ4v) is 5.22. The third-order valence-corrected chi connectivity index (χ3v) is 6.64. The van der Waals surface area contributed by atoms with Gasteiger partial charge < -0.3 is 0 Å². The first-order valence-electron chi connectivity index (χ1n) is 7.56. The minimum Gasteiger partial charge on any atom is -0.279 e. The van der Waals surface area contributed by atoms with E-state index in [1.165, 1.54) is 34.8 Å². The largest absolute Gasteiger partial charge is 0.280 e. The second-order valence-corrected chi connectivity index (χ2v) is 8.70. The standard InChI is InChI=1S/C17H12ClN3O3S2/c1-10-15(26(23,24)20-12-8-6-11(18)7-9-12)16(22)21-13-4-2-3-5-14(13)25-17(21)19-10/h2-9,20H,1H3. The maximum atomic E-state index is 13.0. The van der Waals surface area contributed by atoms with Crippen molar-refractivity contribution in [3.05, 3.63) is 69.6 Å². The number of benzene rings is 2. The number of para-hydroxylation sites is 1. The van der Waals surface area contributed by atoms with E-state index in [0.717, 1.165) is 4.70 Å². The van der Waals surface area contributed by atoms with Crippen molar-refractivity contribution in [3.63, 3.8) is 0 Å². The molecule has 0 radical (unpaired) electrons. The van der Waals surface area contributed by atoms with Gasteiger partial charge in [-0.1, -0.05) is 35.1 Å². The van der Waals surface area contributed by atoms with Gasteiger partial charge >= 0.3 is 0 Å². The molecule has 0 fully saturated rings. The summed E-state index contributed by atoms with van der Waals surface area (Å²) in [6, 6.07) is 13.5. The molecule has 0 aliphatic heterocycles. The molecule has 0 bridgehead atoms. The van der Waals surface area contributed by atoms with Gasteiger partial charge in [0.2, 0.25) is 0 Å². The van der Waals surface area contributed by atoms with Gasteiger partial charge in [-0.15, -0.1) is 0 Å². The van der Waals surface area contributed by atoms with E-state index in [0.29, 0.717) is 21.2 Å². The summed E-state index contributed by atoms with van der Waals surface area (Å²) in [5.41, 5.74) is 0.482. The van der Waals surface area contributed by atoms with Crippen LogP contribution in [0.5, 0.6) is 0 Å². The van der Waals surface area contributed by atoms with E-state index in [-0.39, 0.29) is 10.6 Å². The topological polar surface area (TPSA) is 80.5 Å². The lowest BCUT2D eigenvalue weighted by Gasteiger charge is -2.10. The van der Waals surface area contributed by atoms with E-state index in [4.69, 9.17) is 11.6 Å². The monoisotopic (exact) mass is 405 g/mol. The number of nitrogens with one attached hydrogen (secondary N) is 1.